The minimum atomic E-state index is -0.159. The monoisotopic (exact) mass is 281 g/mol. The molecule has 1 aliphatic heterocycles. The highest BCUT2D eigenvalue weighted by Gasteiger charge is 2.89. The van der Waals surface area contributed by atoms with Crippen LogP contribution in [0.15, 0.2) is 51.8 Å². The van der Waals surface area contributed by atoms with Crippen LogP contribution in [0.4, 0.5) is 5.69 Å². The Kier molecular flexibility index (Phi) is 2.01. The third-order valence-electron chi connectivity index (χ3n) is 7.72. The summed E-state index contributed by atoms with van der Waals surface area (Å²) in [5.41, 5.74) is 4.13. The fourth-order valence-electron chi connectivity index (χ4n) is 5.77. The van der Waals surface area contributed by atoms with Gasteiger partial charge in [0, 0.05) is 10.8 Å². The van der Waals surface area contributed by atoms with E-state index in [1.165, 1.54) is 11.1 Å². The Balaban J connectivity index is 1.92. The van der Waals surface area contributed by atoms with Crippen molar-refractivity contribution in [3.05, 3.63) is 41.5 Å². The number of benzene rings is 1. The lowest BCUT2D eigenvalue weighted by Gasteiger charge is -2.81. The molecule has 0 radical (unpaired) electrons. The van der Waals surface area contributed by atoms with E-state index >= 15 is 0 Å². The second-order valence-corrected chi connectivity index (χ2v) is 7.48. The van der Waals surface area contributed by atoms with E-state index in [-0.39, 0.29) is 21.9 Å². The summed E-state index contributed by atoms with van der Waals surface area (Å²) in [5.74, 6) is 0. The highest BCUT2D eigenvalue weighted by atomic mass is 15.7. The van der Waals surface area contributed by atoms with E-state index in [1.807, 2.05) is 6.07 Å². The van der Waals surface area contributed by atoms with Gasteiger partial charge in [-0.15, -0.1) is 0 Å². The molecule has 0 spiro atoms. The molecule has 1 saturated carbocycles. The predicted molar refractivity (Wildman–Crippen MR) is 85.2 cm³/mol. The van der Waals surface area contributed by atoms with Gasteiger partial charge in [0.05, 0.1) is 11.2 Å². The Bertz CT molecular complexity index is 706. The van der Waals surface area contributed by atoms with Crippen LogP contribution in [0.1, 0.15) is 41.5 Å². The van der Waals surface area contributed by atoms with E-state index in [2.05, 4.69) is 76.0 Å². The second-order valence-electron chi connectivity index (χ2n) is 7.48. The molecule has 0 bridgehead atoms. The molecule has 2 aliphatic carbocycles. The lowest BCUT2D eigenvalue weighted by atomic mass is 9.23. The quantitative estimate of drug-likeness (QED) is 0.682. The molecule has 0 amide bonds. The molecule has 0 aromatic heterocycles. The molecular formula is C18H23N3. The number of para-hydroxylation sites is 1. The van der Waals surface area contributed by atoms with Crippen LogP contribution in [0.2, 0.25) is 0 Å². The van der Waals surface area contributed by atoms with Gasteiger partial charge in [0.25, 0.3) is 0 Å². The summed E-state index contributed by atoms with van der Waals surface area (Å²) >= 11 is 0. The lowest BCUT2D eigenvalue weighted by Crippen LogP contribution is -2.89. The summed E-state index contributed by atoms with van der Waals surface area (Å²) in [4.78, 5) is 0. The molecule has 3 aliphatic rings. The third kappa shape index (κ3) is 0.889. The largest absolute Gasteiger partial charge is 0.238 e. The van der Waals surface area contributed by atoms with E-state index in [0.717, 1.165) is 5.69 Å². The Morgan fingerprint density at radius 1 is 0.857 bits per heavy atom. The van der Waals surface area contributed by atoms with Gasteiger partial charge in [0.15, 0.2) is 0 Å². The van der Waals surface area contributed by atoms with Crippen LogP contribution in [0.25, 0.3) is 0 Å². The van der Waals surface area contributed by atoms with Crippen molar-refractivity contribution < 1.29 is 0 Å². The molecule has 21 heavy (non-hydrogen) atoms. The number of rotatable bonds is 1. The van der Waals surface area contributed by atoms with Crippen LogP contribution in [-0.2, 0) is 0 Å². The molecule has 0 N–H and O–H groups in total. The molecule has 0 saturated heterocycles. The van der Waals surface area contributed by atoms with Crippen LogP contribution in [0, 0.1) is 10.8 Å². The molecule has 1 aromatic carbocycles. The van der Waals surface area contributed by atoms with Gasteiger partial charge >= 0.3 is 0 Å². The fraction of sp³-hybridized carbons (Fsp3) is 0.556. The van der Waals surface area contributed by atoms with Gasteiger partial charge in [-0.25, -0.2) is 5.01 Å². The summed E-state index contributed by atoms with van der Waals surface area (Å²) in [6.45, 7) is 13.9. The smallest absolute Gasteiger partial charge is 0.117 e. The Hall–Kier alpha value is -1.64. The zero-order valence-electron chi connectivity index (χ0n) is 13.7. The molecule has 1 fully saturated rings. The second kappa shape index (κ2) is 3.23. The van der Waals surface area contributed by atoms with Gasteiger partial charge in [-0.2, -0.15) is 5.11 Å². The first-order valence-corrected chi connectivity index (χ1v) is 7.73. The molecule has 3 heteroatoms. The molecule has 110 valence electrons. The summed E-state index contributed by atoms with van der Waals surface area (Å²) < 4.78 is 0. The average molecular weight is 281 g/mol. The van der Waals surface area contributed by atoms with Crippen LogP contribution in [0.5, 0.6) is 0 Å². The van der Waals surface area contributed by atoms with Crippen molar-refractivity contribution in [1.29, 1.82) is 0 Å². The van der Waals surface area contributed by atoms with Crippen molar-refractivity contribution >= 4 is 5.69 Å². The van der Waals surface area contributed by atoms with Crippen LogP contribution in [-0.4, -0.2) is 11.1 Å². The van der Waals surface area contributed by atoms with Gasteiger partial charge in [-0.1, -0.05) is 48.4 Å². The highest BCUT2D eigenvalue weighted by Crippen LogP contribution is 2.84. The van der Waals surface area contributed by atoms with Crippen molar-refractivity contribution in [1.82, 2.24) is 0 Å². The summed E-state index contributed by atoms with van der Waals surface area (Å²) in [7, 11) is 0. The zero-order valence-corrected chi connectivity index (χ0v) is 13.7. The van der Waals surface area contributed by atoms with E-state index in [9.17, 15) is 0 Å². The summed E-state index contributed by atoms with van der Waals surface area (Å²) in [6, 6.07) is 10.4. The normalized spacial score (nSPS) is 46.9. The predicted octanol–water partition coefficient (Wildman–Crippen LogP) is 4.77. The molecule has 4 atom stereocenters. The topological polar surface area (TPSA) is 28.0 Å². The zero-order chi connectivity index (χ0) is 15.3. The minimum Gasteiger partial charge on any atom is -0.238 e. The van der Waals surface area contributed by atoms with Gasteiger partial charge in [-0.3, -0.25) is 0 Å². The number of fused-ring (bicyclic) bond motifs is 4. The van der Waals surface area contributed by atoms with Crippen LogP contribution in [0.3, 0.4) is 0 Å². The Labute approximate surface area is 126 Å². The number of nitrogens with zero attached hydrogens (tertiary/aromatic N) is 3. The highest BCUT2D eigenvalue weighted by molar-refractivity contribution is 5.66. The number of anilines is 1. The summed E-state index contributed by atoms with van der Waals surface area (Å²) in [5, 5.41) is 11.5. The number of hydrogen-bond acceptors (Lipinski definition) is 3. The van der Waals surface area contributed by atoms with Crippen molar-refractivity contribution in [2.24, 2.45) is 21.2 Å². The van der Waals surface area contributed by atoms with E-state index in [0.29, 0.717) is 0 Å². The first-order valence-electron chi connectivity index (χ1n) is 7.73. The molecule has 1 heterocycles. The average Bonchev–Trinajstić information content (AvgIpc) is 2.77. The van der Waals surface area contributed by atoms with Gasteiger partial charge in [-0.05, 0) is 39.8 Å². The molecule has 4 rings (SSSR count). The first-order chi connectivity index (χ1) is 9.77. The van der Waals surface area contributed by atoms with Crippen molar-refractivity contribution in [2.45, 2.75) is 52.6 Å². The Morgan fingerprint density at radius 2 is 1.43 bits per heavy atom. The standard InChI is InChI=1S/C18H23N3/c1-12-13(2)16(4)15(12,3)17(5)18(16,6)21(20-19-17)14-10-8-7-9-11-14/h7-11H,1-6H3/t15-,16-,17-,18-/m1/s1. The van der Waals surface area contributed by atoms with Gasteiger partial charge in [0.1, 0.15) is 5.54 Å². The Morgan fingerprint density at radius 3 is 2.05 bits per heavy atom. The lowest BCUT2D eigenvalue weighted by molar-refractivity contribution is -0.180. The van der Waals surface area contributed by atoms with Crippen LogP contribution < -0.4 is 5.01 Å². The molecule has 3 nitrogen and oxygen atoms in total. The molecule has 1 aromatic rings. The van der Waals surface area contributed by atoms with E-state index in [4.69, 9.17) is 5.11 Å². The SMILES string of the molecule is CC1=C(C)[C@]2(C)[C@]1(C)[C@@]1(C)N=NN(c3ccccc3)[C@@]12C. The first kappa shape index (κ1) is 13.1. The van der Waals surface area contributed by atoms with E-state index < -0.39 is 0 Å². The maximum Gasteiger partial charge on any atom is 0.117 e. The molecule has 0 unspecified atom stereocenters. The maximum absolute atomic E-state index is 4.77. The van der Waals surface area contributed by atoms with Crippen molar-refractivity contribution in [3.8, 4) is 0 Å². The van der Waals surface area contributed by atoms with Gasteiger partial charge in [0.2, 0.25) is 0 Å². The summed E-state index contributed by atoms with van der Waals surface area (Å²) in [6.07, 6.45) is 0. The van der Waals surface area contributed by atoms with Crippen LogP contribution >= 0.6 is 0 Å². The van der Waals surface area contributed by atoms with Crippen molar-refractivity contribution in [3.63, 3.8) is 0 Å². The van der Waals surface area contributed by atoms with E-state index in [1.54, 1.807) is 0 Å². The number of hydrogen-bond donors (Lipinski definition) is 0. The van der Waals surface area contributed by atoms with Gasteiger partial charge < -0.3 is 0 Å². The fourth-order valence-corrected chi connectivity index (χ4v) is 5.77. The van der Waals surface area contributed by atoms with Crippen molar-refractivity contribution in [2.75, 3.05) is 5.01 Å². The molecular weight excluding hydrogens is 258 g/mol. The minimum absolute atomic E-state index is 0.0975. The third-order valence-corrected chi connectivity index (χ3v) is 7.72. The maximum atomic E-state index is 4.77.